The summed E-state index contributed by atoms with van der Waals surface area (Å²) in [6.07, 6.45) is 1.62. The topological polar surface area (TPSA) is 98.3 Å². The standard InChI is InChI=1S/C11H14BrN3O3/c12-10-8(4-3-5-9(10)15(17)18)11(16)14-7-2-1-6-13/h3-5H,1-2,6-7,13H2,(H,14,16). The van der Waals surface area contributed by atoms with Gasteiger partial charge in [0, 0.05) is 12.6 Å². The Hall–Kier alpha value is -1.47. The van der Waals surface area contributed by atoms with Gasteiger partial charge >= 0.3 is 0 Å². The molecule has 0 atom stereocenters. The molecule has 0 radical (unpaired) electrons. The highest BCUT2D eigenvalue weighted by molar-refractivity contribution is 9.10. The molecule has 1 amide bonds. The van der Waals surface area contributed by atoms with Gasteiger partial charge in [-0.15, -0.1) is 0 Å². The van der Waals surface area contributed by atoms with E-state index in [4.69, 9.17) is 5.73 Å². The number of nitro benzene ring substituents is 1. The van der Waals surface area contributed by atoms with Crippen molar-refractivity contribution < 1.29 is 9.72 Å². The first-order chi connectivity index (χ1) is 8.57. The average Bonchev–Trinajstić information content (AvgIpc) is 2.34. The van der Waals surface area contributed by atoms with Crippen LogP contribution < -0.4 is 11.1 Å². The van der Waals surface area contributed by atoms with Gasteiger partial charge in [-0.1, -0.05) is 6.07 Å². The minimum atomic E-state index is -0.532. The molecule has 1 aromatic rings. The molecule has 1 aromatic carbocycles. The number of hydrogen-bond acceptors (Lipinski definition) is 4. The van der Waals surface area contributed by atoms with Crippen LogP contribution in [0.15, 0.2) is 22.7 Å². The van der Waals surface area contributed by atoms with E-state index >= 15 is 0 Å². The summed E-state index contributed by atoms with van der Waals surface area (Å²) in [5.74, 6) is -0.331. The molecule has 6 nitrogen and oxygen atoms in total. The Labute approximate surface area is 113 Å². The highest BCUT2D eigenvalue weighted by Crippen LogP contribution is 2.28. The second-order valence-corrected chi connectivity index (χ2v) is 4.44. The molecule has 0 bridgehead atoms. The number of hydrogen-bond donors (Lipinski definition) is 2. The average molecular weight is 316 g/mol. The van der Waals surface area contributed by atoms with Crippen molar-refractivity contribution in [2.75, 3.05) is 13.1 Å². The van der Waals surface area contributed by atoms with Crippen molar-refractivity contribution in [3.63, 3.8) is 0 Å². The Bertz CT molecular complexity index is 451. The number of nitro groups is 1. The summed E-state index contributed by atoms with van der Waals surface area (Å²) in [5, 5.41) is 13.4. The third-order valence-electron chi connectivity index (χ3n) is 2.34. The van der Waals surface area contributed by atoms with Crippen molar-refractivity contribution in [1.29, 1.82) is 0 Å². The first kappa shape index (κ1) is 14.6. The largest absolute Gasteiger partial charge is 0.352 e. The third kappa shape index (κ3) is 3.78. The summed E-state index contributed by atoms with van der Waals surface area (Å²) < 4.78 is 0.200. The number of nitrogens with zero attached hydrogens (tertiary/aromatic N) is 1. The SMILES string of the molecule is NCCCCNC(=O)c1cccc([N+](=O)[O-])c1Br. The molecule has 1 rings (SSSR count). The quantitative estimate of drug-likeness (QED) is 0.475. The van der Waals surface area contributed by atoms with Crippen LogP contribution in [0.2, 0.25) is 0 Å². The minimum absolute atomic E-state index is 0.121. The Morgan fingerprint density at radius 2 is 2.17 bits per heavy atom. The number of unbranched alkanes of at least 4 members (excludes halogenated alkanes) is 1. The van der Waals surface area contributed by atoms with Crippen LogP contribution in [0.4, 0.5) is 5.69 Å². The number of rotatable bonds is 6. The van der Waals surface area contributed by atoms with E-state index in [9.17, 15) is 14.9 Å². The number of halogens is 1. The predicted octanol–water partition coefficient (Wildman–Crippen LogP) is 1.83. The fraction of sp³-hybridized carbons (Fsp3) is 0.364. The summed E-state index contributed by atoms with van der Waals surface area (Å²) in [7, 11) is 0. The third-order valence-corrected chi connectivity index (χ3v) is 3.17. The summed E-state index contributed by atoms with van der Waals surface area (Å²) in [4.78, 5) is 22.0. The Morgan fingerprint density at radius 1 is 1.44 bits per heavy atom. The number of carbonyl (C=O) groups is 1. The molecular formula is C11H14BrN3O3. The highest BCUT2D eigenvalue weighted by atomic mass is 79.9. The molecule has 98 valence electrons. The number of nitrogens with one attached hydrogen (secondary N) is 1. The molecule has 0 aliphatic heterocycles. The number of benzene rings is 1. The lowest BCUT2D eigenvalue weighted by molar-refractivity contribution is -0.385. The summed E-state index contributed by atoms with van der Waals surface area (Å²) in [6.45, 7) is 1.08. The predicted molar refractivity (Wildman–Crippen MR) is 71.4 cm³/mol. The van der Waals surface area contributed by atoms with Crippen molar-refractivity contribution in [3.8, 4) is 0 Å². The van der Waals surface area contributed by atoms with E-state index in [0.29, 0.717) is 13.1 Å². The van der Waals surface area contributed by atoms with Gasteiger partial charge in [0.1, 0.15) is 4.47 Å². The summed E-state index contributed by atoms with van der Waals surface area (Å²) in [5.41, 5.74) is 5.48. The van der Waals surface area contributed by atoms with Crippen LogP contribution in [-0.4, -0.2) is 23.9 Å². The van der Waals surface area contributed by atoms with E-state index in [1.807, 2.05) is 0 Å². The Kier molecular flexibility index (Phi) is 5.73. The van der Waals surface area contributed by atoms with Gasteiger partial charge in [-0.3, -0.25) is 14.9 Å². The highest BCUT2D eigenvalue weighted by Gasteiger charge is 2.18. The molecule has 0 spiro atoms. The van der Waals surface area contributed by atoms with Gasteiger partial charge in [-0.25, -0.2) is 0 Å². The van der Waals surface area contributed by atoms with E-state index in [1.165, 1.54) is 18.2 Å². The zero-order valence-electron chi connectivity index (χ0n) is 9.69. The summed E-state index contributed by atoms with van der Waals surface area (Å²) >= 11 is 3.08. The Morgan fingerprint density at radius 3 is 2.78 bits per heavy atom. The van der Waals surface area contributed by atoms with Crippen molar-refractivity contribution >= 4 is 27.5 Å². The lowest BCUT2D eigenvalue weighted by Gasteiger charge is -2.06. The zero-order chi connectivity index (χ0) is 13.5. The Balaban J connectivity index is 2.74. The first-order valence-electron chi connectivity index (χ1n) is 5.49. The fourth-order valence-corrected chi connectivity index (χ4v) is 1.99. The van der Waals surface area contributed by atoms with E-state index in [-0.39, 0.29) is 21.6 Å². The van der Waals surface area contributed by atoms with Crippen LogP contribution in [0.1, 0.15) is 23.2 Å². The van der Waals surface area contributed by atoms with Crippen LogP contribution in [-0.2, 0) is 0 Å². The second-order valence-electron chi connectivity index (χ2n) is 3.65. The van der Waals surface area contributed by atoms with E-state index in [0.717, 1.165) is 12.8 Å². The maximum atomic E-state index is 11.8. The van der Waals surface area contributed by atoms with Crippen molar-refractivity contribution in [3.05, 3.63) is 38.3 Å². The van der Waals surface area contributed by atoms with Crippen LogP contribution in [0, 0.1) is 10.1 Å². The van der Waals surface area contributed by atoms with Gasteiger partial charge in [0.05, 0.1) is 10.5 Å². The van der Waals surface area contributed by atoms with E-state index in [2.05, 4.69) is 21.2 Å². The normalized spacial score (nSPS) is 10.1. The van der Waals surface area contributed by atoms with E-state index < -0.39 is 4.92 Å². The number of nitrogens with two attached hydrogens (primary N) is 1. The molecular weight excluding hydrogens is 302 g/mol. The van der Waals surface area contributed by atoms with Crippen LogP contribution in [0.5, 0.6) is 0 Å². The first-order valence-corrected chi connectivity index (χ1v) is 6.28. The van der Waals surface area contributed by atoms with Gasteiger partial charge in [-0.05, 0) is 41.4 Å². The van der Waals surface area contributed by atoms with Gasteiger partial charge in [0.15, 0.2) is 0 Å². The van der Waals surface area contributed by atoms with Crippen LogP contribution in [0.25, 0.3) is 0 Å². The smallest absolute Gasteiger partial charge is 0.284 e. The van der Waals surface area contributed by atoms with Crippen LogP contribution >= 0.6 is 15.9 Å². The molecule has 7 heteroatoms. The lowest BCUT2D eigenvalue weighted by atomic mass is 10.2. The molecule has 0 saturated heterocycles. The van der Waals surface area contributed by atoms with Gasteiger partial charge < -0.3 is 11.1 Å². The molecule has 0 aliphatic rings. The molecule has 18 heavy (non-hydrogen) atoms. The number of amides is 1. The molecule has 0 saturated carbocycles. The molecule has 3 N–H and O–H groups in total. The van der Waals surface area contributed by atoms with Crippen molar-refractivity contribution in [2.45, 2.75) is 12.8 Å². The van der Waals surface area contributed by atoms with Crippen molar-refractivity contribution in [2.24, 2.45) is 5.73 Å². The van der Waals surface area contributed by atoms with Gasteiger partial charge in [-0.2, -0.15) is 0 Å². The molecule has 0 heterocycles. The fourth-order valence-electron chi connectivity index (χ4n) is 1.40. The minimum Gasteiger partial charge on any atom is -0.352 e. The van der Waals surface area contributed by atoms with Gasteiger partial charge in [0.2, 0.25) is 0 Å². The van der Waals surface area contributed by atoms with Crippen LogP contribution in [0.3, 0.4) is 0 Å². The maximum Gasteiger partial charge on any atom is 0.284 e. The van der Waals surface area contributed by atoms with Gasteiger partial charge in [0.25, 0.3) is 11.6 Å². The molecule has 0 unspecified atom stereocenters. The molecule has 0 fully saturated rings. The molecule has 0 aromatic heterocycles. The number of carbonyl (C=O) groups excluding carboxylic acids is 1. The molecule has 0 aliphatic carbocycles. The lowest BCUT2D eigenvalue weighted by Crippen LogP contribution is -2.25. The maximum absolute atomic E-state index is 11.8. The monoisotopic (exact) mass is 315 g/mol. The second kappa shape index (κ2) is 7.07. The van der Waals surface area contributed by atoms with E-state index in [1.54, 1.807) is 0 Å². The summed E-state index contributed by atoms with van der Waals surface area (Å²) in [6, 6.07) is 4.36. The zero-order valence-corrected chi connectivity index (χ0v) is 11.3. The van der Waals surface area contributed by atoms with Crippen molar-refractivity contribution in [1.82, 2.24) is 5.32 Å².